The number of nitrogens with zero attached hydrogens (tertiary/aromatic N) is 4. The molecule has 1 amide bonds. The molecule has 25 heavy (non-hydrogen) atoms. The Morgan fingerprint density at radius 1 is 1.12 bits per heavy atom. The summed E-state index contributed by atoms with van der Waals surface area (Å²) < 4.78 is 2.16. The lowest BCUT2D eigenvalue weighted by Crippen LogP contribution is -2.48. The minimum Gasteiger partial charge on any atom is -0.343 e. The van der Waals surface area contributed by atoms with Crippen LogP contribution in [0.25, 0.3) is 0 Å². The predicted molar refractivity (Wildman–Crippen MR) is 99.4 cm³/mol. The summed E-state index contributed by atoms with van der Waals surface area (Å²) in [5.41, 5.74) is 2.36. The van der Waals surface area contributed by atoms with Crippen molar-refractivity contribution >= 4 is 21.8 Å². The number of rotatable bonds is 3. The fourth-order valence-corrected chi connectivity index (χ4v) is 3.62. The van der Waals surface area contributed by atoms with E-state index in [4.69, 9.17) is 0 Å². The van der Waals surface area contributed by atoms with Gasteiger partial charge in [0, 0.05) is 39.8 Å². The second-order valence-corrected chi connectivity index (χ2v) is 7.30. The number of likely N-dealkylation sites (N-methyl/N-ethyl adjacent to an activating group) is 2. The standard InChI is InChI=1S/C18H21BrN4O2/c1-21-8-9-22(2)18(25)16(21)13-6-4-12(5-7-13)10-14-17(24)23(3)11-15(19)20-14/h4-7,11,16H,8-10H2,1-3H3/t16-/m1/s1. The molecule has 1 aromatic heterocycles. The van der Waals surface area contributed by atoms with Crippen LogP contribution in [0.1, 0.15) is 22.9 Å². The Labute approximate surface area is 155 Å². The van der Waals surface area contributed by atoms with Crippen LogP contribution >= 0.6 is 15.9 Å². The van der Waals surface area contributed by atoms with Gasteiger partial charge in [-0.3, -0.25) is 14.5 Å². The second kappa shape index (κ2) is 7.09. The molecule has 0 radical (unpaired) electrons. The Morgan fingerprint density at radius 3 is 2.48 bits per heavy atom. The largest absolute Gasteiger partial charge is 0.343 e. The van der Waals surface area contributed by atoms with Crippen LogP contribution in [0.2, 0.25) is 0 Å². The van der Waals surface area contributed by atoms with Gasteiger partial charge in [-0.15, -0.1) is 0 Å². The number of hydrogen-bond donors (Lipinski definition) is 0. The molecule has 0 aliphatic carbocycles. The molecule has 1 aliphatic heterocycles. The number of piperazine rings is 1. The molecule has 6 nitrogen and oxygen atoms in total. The van der Waals surface area contributed by atoms with Crippen molar-refractivity contribution in [3.8, 4) is 0 Å². The van der Waals surface area contributed by atoms with Crippen molar-refractivity contribution in [3.63, 3.8) is 0 Å². The fraction of sp³-hybridized carbons (Fsp3) is 0.389. The fourth-order valence-electron chi connectivity index (χ4n) is 3.10. The third-order valence-electron chi connectivity index (χ3n) is 4.62. The molecule has 0 unspecified atom stereocenters. The summed E-state index contributed by atoms with van der Waals surface area (Å²) in [6.07, 6.45) is 2.11. The van der Waals surface area contributed by atoms with Crippen LogP contribution in [0.3, 0.4) is 0 Å². The number of aromatic nitrogens is 2. The predicted octanol–water partition coefficient (Wildman–Crippen LogP) is 1.58. The highest BCUT2D eigenvalue weighted by Gasteiger charge is 2.31. The van der Waals surface area contributed by atoms with E-state index in [1.165, 1.54) is 4.57 Å². The number of amides is 1. The molecule has 1 aliphatic rings. The molecule has 132 valence electrons. The normalized spacial score (nSPS) is 18.6. The van der Waals surface area contributed by atoms with Crippen molar-refractivity contribution in [2.45, 2.75) is 12.5 Å². The van der Waals surface area contributed by atoms with Crippen LogP contribution in [0.5, 0.6) is 0 Å². The molecule has 2 heterocycles. The first kappa shape index (κ1) is 17.8. The Hall–Kier alpha value is -1.99. The van der Waals surface area contributed by atoms with Gasteiger partial charge in [0.15, 0.2) is 0 Å². The lowest BCUT2D eigenvalue weighted by molar-refractivity contribution is -0.139. The van der Waals surface area contributed by atoms with Crippen LogP contribution in [0.4, 0.5) is 0 Å². The SMILES string of the molecule is CN1CCN(C)[C@H](c2ccc(Cc3nc(Br)cn(C)c3=O)cc2)C1=O. The van der Waals surface area contributed by atoms with E-state index in [9.17, 15) is 9.59 Å². The van der Waals surface area contributed by atoms with E-state index in [-0.39, 0.29) is 17.5 Å². The molecule has 1 aromatic carbocycles. The van der Waals surface area contributed by atoms with Crippen molar-refractivity contribution in [2.75, 3.05) is 27.2 Å². The van der Waals surface area contributed by atoms with E-state index in [0.717, 1.165) is 24.2 Å². The van der Waals surface area contributed by atoms with Crippen LogP contribution in [0, 0.1) is 0 Å². The summed E-state index contributed by atoms with van der Waals surface area (Å²) in [5.74, 6) is 0.115. The van der Waals surface area contributed by atoms with Gasteiger partial charge in [0.05, 0.1) is 0 Å². The van der Waals surface area contributed by atoms with Crippen molar-refractivity contribution in [1.82, 2.24) is 19.4 Å². The minimum atomic E-state index is -0.246. The molecule has 0 N–H and O–H groups in total. The van der Waals surface area contributed by atoms with Crippen molar-refractivity contribution in [2.24, 2.45) is 7.05 Å². The number of halogens is 1. The van der Waals surface area contributed by atoms with Gasteiger partial charge in [-0.2, -0.15) is 0 Å². The third kappa shape index (κ3) is 3.67. The molecule has 3 rings (SSSR count). The topological polar surface area (TPSA) is 58.4 Å². The smallest absolute Gasteiger partial charge is 0.272 e. The Morgan fingerprint density at radius 2 is 1.80 bits per heavy atom. The lowest BCUT2D eigenvalue weighted by Gasteiger charge is -2.37. The van der Waals surface area contributed by atoms with Crippen LogP contribution in [0.15, 0.2) is 39.9 Å². The minimum absolute atomic E-state index is 0.101. The van der Waals surface area contributed by atoms with Crippen LogP contribution in [-0.2, 0) is 18.3 Å². The van der Waals surface area contributed by atoms with E-state index >= 15 is 0 Å². The van der Waals surface area contributed by atoms with Gasteiger partial charge in [-0.05, 0) is 34.1 Å². The molecule has 2 aromatic rings. The highest BCUT2D eigenvalue weighted by molar-refractivity contribution is 9.10. The molecular formula is C18H21BrN4O2. The highest BCUT2D eigenvalue weighted by Crippen LogP contribution is 2.25. The summed E-state index contributed by atoms with van der Waals surface area (Å²) in [6.45, 7) is 1.61. The molecule has 0 saturated carbocycles. The average molecular weight is 405 g/mol. The summed E-state index contributed by atoms with van der Waals surface area (Å²) in [4.78, 5) is 32.8. The third-order valence-corrected chi connectivity index (χ3v) is 5.00. The zero-order chi connectivity index (χ0) is 18.1. The number of benzene rings is 1. The second-order valence-electron chi connectivity index (χ2n) is 6.49. The van der Waals surface area contributed by atoms with Crippen LogP contribution < -0.4 is 5.56 Å². The van der Waals surface area contributed by atoms with Gasteiger partial charge in [0.2, 0.25) is 5.91 Å². The van der Waals surface area contributed by atoms with Crippen molar-refractivity contribution < 1.29 is 4.79 Å². The molecule has 1 atom stereocenters. The zero-order valence-electron chi connectivity index (χ0n) is 14.6. The molecule has 7 heteroatoms. The number of hydrogen-bond acceptors (Lipinski definition) is 4. The molecule has 0 spiro atoms. The summed E-state index contributed by atoms with van der Waals surface area (Å²) in [6, 6.07) is 7.62. The summed E-state index contributed by atoms with van der Waals surface area (Å²) in [5, 5.41) is 0. The maximum atomic E-state index is 12.5. The first-order valence-corrected chi connectivity index (χ1v) is 8.92. The molecular weight excluding hydrogens is 384 g/mol. The Bertz CT molecular complexity index is 847. The van der Waals surface area contributed by atoms with Crippen molar-refractivity contribution in [3.05, 3.63) is 62.2 Å². The number of carbonyl (C=O) groups is 1. The monoisotopic (exact) mass is 404 g/mol. The van der Waals surface area contributed by atoms with E-state index in [2.05, 4.69) is 25.8 Å². The first-order valence-electron chi connectivity index (χ1n) is 8.13. The van der Waals surface area contributed by atoms with E-state index < -0.39 is 0 Å². The molecule has 1 fully saturated rings. The number of aryl methyl sites for hydroxylation is 1. The maximum Gasteiger partial charge on any atom is 0.272 e. The van der Waals surface area contributed by atoms with Gasteiger partial charge >= 0.3 is 0 Å². The number of carbonyl (C=O) groups excluding carboxylic acids is 1. The van der Waals surface area contributed by atoms with E-state index in [1.807, 2.05) is 38.4 Å². The Balaban J connectivity index is 1.83. The Kier molecular flexibility index (Phi) is 5.06. The van der Waals surface area contributed by atoms with Crippen LogP contribution in [-0.4, -0.2) is 52.4 Å². The van der Waals surface area contributed by atoms with Gasteiger partial charge in [-0.1, -0.05) is 24.3 Å². The van der Waals surface area contributed by atoms with E-state index in [1.54, 1.807) is 18.1 Å². The first-order chi connectivity index (χ1) is 11.9. The van der Waals surface area contributed by atoms with Gasteiger partial charge < -0.3 is 9.47 Å². The van der Waals surface area contributed by atoms with Gasteiger partial charge in [0.1, 0.15) is 16.3 Å². The highest BCUT2D eigenvalue weighted by atomic mass is 79.9. The average Bonchev–Trinajstić information content (AvgIpc) is 2.57. The molecule has 0 bridgehead atoms. The maximum absolute atomic E-state index is 12.5. The summed E-state index contributed by atoms with van der Waals surface area (Å²) >= 11 is 3.32. The quantitative estimate of drug-likeness (QED) is 0.778. The lowest BCUT2D eigenvalue weighted by atomic mass is 9.99. The van der Waals surface area contributed by atoms with Gasteiger partial charge in [0.25, 0.3) is 5.56 Å². The van der Waals surface area contributed by atoms with Gasteiger partial charge in [-0.25, -0.2) is 4.98 Å². The zero-order valence-corrected chi connectivity index (χ0v) is 16.2. The van der Waals surface area contributed by atoms with E-state index in [0.29, 0.717) is 16.7 Å². The van der Waals surface area contributed by atoms with Crippen molar-refractivity contribution in [1.29, 1.82) is 0 Å². The summed E-state index contributed by atoms with van der Waals surface area (Å²) in [7, 11) is 5.52. The molecule has 1 saturated heterocycles.